The second-order valence-electron chi connectivity index (χ2n) is 5.77. The van der Waals surface area contributed by atoms with Gasteiger partial charge in [0.25, 0.3) is 0 Å². The molecule has 0 bridgehead atoms. The number of carboxylic acid groups (broad SMARTS) is 1. The van der Waals surface area contributed by atoms with Gasteiger partial charge in [-0.15, -0.1) is 0 Å². The van der Waals surface area contributed by atoms with E-state index in [1.165, 1.54) is 4.90 Å². The Balaban J connectivity index is 2.59. The second-order valence-corrected chi connectivity index (χ2v) is 6.52. The first-order valence-electron chi connectivity index (χ1n) is 5.94. The molecule has 1 aliphatic rings. The number of aromatic nitrogens is 2. The molecular weight excluding hydrogens is 298 g/mol. The molecule has 0 fully saturated rings. The van der Waals surface area contributed by atoms with Crippen molar-refractivity contribution in [2.45, 2.75) is 33.2 Å². The average Bonchev–Trinajstić information content (AvgIpc) is 2.52. The summed E-state index contributed by atoms with van der Waals surface area (Å²) in [6.07, 6.45) is -0.153. The first-order valence-corrected chi connectivity index (χ1v) is 6.73. The fourth-order valence-electron chi connectivity index (χ4n) is 2.72. The van der Waals surface area contributed by atoms with Gasteiger partial charge in [0, 0.05) is 31.3 Å². The van der Waals surface area contributed by atoms with Gasteiger partial charge in [0.15, 0.2) is 0 Å². The van der Waals surface area contributed by atoms with E-state index < -0.39 is 6.09 Å². The predicted octanol–water partition coefficient (Wildman–Crippen LogP) is 2.81. The molecule has 1 unspecified atom stereocenters. The number of hydrogen-bond donors (Lipinski definition) is 1. The highest BCUT2D eigenvalue weighted by atomic mass is 79.9. The normalized spacial score (nSPS) is 19.8. The minimum atomic E-state index is -0.865. The summed E-state index contributed by atoms with van der Waals surface area (Å²) in [4.78, 5) is 12.9. The van der Waals surface area contributed by atoms with Crippen molar-refractivity contribution in [2.24, 2.45) is 12.5 Å². The Bertz CT molecular complexity index is 490. The molecule has 5 nitrogen and oxygen atoms in total. The molecular formula is C12H18BrN3O2. The maximum atomic E-state index is 11.4. The second kappa shape index (κ2) is 4.26. The number of fused-ring (bicyclic) bond motifs is 1. The number of nitrogens with zero attached hydrogens (tertiary/aromatic N) is 3. The summed E-state index contributed by atoms with van der Waals surface area (Å²) >= 11 is 3.46. The van der Waals surface area contributed by atoms with Gasteiger partial charge < -0.3 is 10.0 Å². The molecule has 1 N–H and O–H groups in total. The van der Waals surface area contributed by atoms with Crippen molar-refractivity contribution in [2.75, 3.05) is 6.54 Å². The molecule has 1 amide bonds. The molecule has 1 aliphatic heterocycles. The summed E-state index contributed by atoms with van der Waals surface area (Å²) in [6, 6.07) is -0.165. The Morgan fingerprint density at radius 1 is 1.50 bits per heavy atom. The fraction of sp³-hybridized carbons (Fsp3) is 0.667. The van der Waals surface area contributed by atoms with E-state index in [1.54, 1.807) is 0 Å². The molecule has 2 heterocycles. The van der Waals surface area contributed by atoms with E-state index in [2.05, 4.69) is 41.8 Å². The smallest absolute Gasteiger partial charge is 0.407 e. The van der Waals surface area contributed by atoms with E-state index in [0.717, 1.165) is 15.9 Å². The quantitative estimate of drug-likeness (QED) is 0.801. The highest BCUT2D eigenvalue weighted by molar-refractivity contribution is 9.10. The first-order chi connectivity index (χ1) is 8.23. The molecule has 18 heavy (non-hydrogen) atoms. The van der Waals surface area contributed by atoms with E-state index >= 15 is 0 Å². The van der Waals surface area contributed by atoms with Crippen molar-refractivity contribution in [3.63, 3.8) is 0 Å². The number of hydrogen-bond acceptors (Lipinski definition) is 2. The first kappa shape index (κ1) is 13.4. The van der Waals surface area contributed by atoms with Crippen molar-refractivity contribution in [3.8, 4) is 0 Å². The van der Waals surface area contributed by atoms with Crippen LogP contribution in [-0.2, 0) is 13.5 Å². The third kappa shape index (κ3) is 2.02. The molecule has 1 atom stereocenters. The SMILES string of the molecule is Cn1nc(Br)c2c1CCN(C(=O)O)C2C(C)(C)C. The van der Waals surface area contributed by atoms with Crippen LogP contribution in [0.1, 0.15) is 38.1 Å². The predicted molar refractivity (Wildman–Crippen MR) is 71.5 cm³/mol. The van der Waals surface area contributed by atoms with E-state index in [9.17, 15) is 9.90 Å². The van der Waals surface area contributed by atoms with Gasteiger partial charge in [-0.1, -0.05) is 20.8 Å². The molecule has 1 aromatic rings. The Morgan fingerprint density at radius 3 is 2.61 bits per heavy atom. The van der Waals surface area contributed by atoms with Crippen LogP contribution in [0.5, 0.6) is 0 Å². The maximum Gasteiger partial charge on any atom is 0.407 e. The standard InChI is InChI=1S/C12H18BrN3O2/c1-12(2,3)9-8-7(15(4)14-10(8)13)5-6-16(9)11(17)18/h9H,5-6H2,1-4H3,(H,17,18). The lowest BCUT2D eigenvalue weighted by atomic mass is 9.79. The van der Waals surface area contributed by atoms with Gasteiger partial charge in [-0.2, -0.15) is 5.10 Å². The molecule has 0 saturated heterocycles. The van der Waals surface area contributed by atoms with Crippen molar-refractivity contribution in [3.05, 3.63) is 15.9 Å². The van der Waals surface area contributed by atoms with Gasteiger partial charge in [-0.25, -0.2) is 4.79 Å². The Morgan fingerprint density at radius 2 is 2.11 bits per heavy atom. The van der Waals surface area contributed by atoms with Gasteiger partial charge in [0.1, 0.15) is 4.60 Å². The van der Waals surface area contributed by atoms with Crippen molar-refractivity contribution >= 4 is 22.0 Å². The summed E-state index contributed by atoms with van der Waals surface area (Å²) in [5.74, 6) is 0. The number of halogens is 1. The van der Waals surface area contributed by atoms with Gasteiger partial charge in [-0.3, -0.25) is 4.68 Å². The summed E-state index contributed by atoms with van der Waals surface area (Å²) in [5, 5.41) is 13.7. The Labute approximate surface area is 115 Å². The molecule has 0 saturated carbocycles. The molecule has 100 valence electrons. The monoisotopic (exact) mass is 315 g/mol. The largest absolute Gasteiger partial charge is 0.465 e. The van der Waals surface area contributed by atoms with Gasteiger partial charge in [0.05, 0.1) is 6.04 Å². The van der Waals surface area contributed by atoms with E-state index in [1.807, 2.05) is 11.7 Å². The van der Waals surface area contributed by atoms with Crippen LogP contribution in [0.15, 0.2) is 4.60 Å². The minimum absolute atomic E-state index is 0.165. The Hall–Kier alpha value is -1.04. The number of carbonyl (C=O) groups is 1. The van der Waals surface area contributed by atoms with Gasteiger partial charge in [0.2, 0.25) is 0 Å². The third-order valence-electron chi connectivity index (χ3n) is 3.40. The van der Waals surface area contributed by atoms with Crippen LogP contribution in [0.2, 0.25) is 0 Å². The van der Waals surface area contributed by atoms with E-state index in [-0.39, 0.29) is 11.5 Å². The minimum Gasteiger partial charge on any atom is -0.465 e. The van der Waals surface area contributed by atoms with Gasteiger partial charge in [-0.05, 0) is 21.3 Å². The summed E-state index contributed by atoms with van der Waals surface area (Å²) in [7, 11) is 1.90. The van der Waals surface area contributed by atoms with Crippen LogP contribution < -0.4 is 0 Å². The van der Waals surface area contributed by atoms with Crippen LogP contribution in [-0.4, -0.2) is 32.4 Å². The van der Waals surface area contributed by atoms with Crippen LogP contribution in [0, 0.1) is 5.41 Å². The highest BCUT2D eigenvalue weighted by Gasteiger charge is 2.41. The lowest BCUT2D eigenvalue weighted by Gasteiger charge is -2.41. The summed E-state index contributed by atoms with van der Waals surface area (Å²) in [6.45, 7) is 6.70. The summed E-state index contributed by atoms with van der Waals surface area (Å²) < 4.78 is 2.60. The molecule has 0 aliphatic carbocycles. The van der Waals surface area contributed by atoms with Crippen LogP contribution in [0.4, 0.5) is 4.79 Å². The number of amides is 1. The third-order valence-corrected chi connectivity index (χ3v) is 3.99. The van der Waals surface area contributed by atoms with Crippen LogP contribution in [0.3, 0.4) is 0 Å². The molecule has 0 radical (unpaired) electrons. The fourth-order valence-corrected chi connectivity index (χ4v) is 3.41. The zero-order chi connectivity index (χ0) is 13.7. The molecule has 6 heteroatoms. The zero-order valence-electron chi connectivity index (χ0n) is 11.1. The molecule has 0 spiro atoms. The topological polar surface area (TPSA) is 58.4 Å². The Kier molecular flexibility index (Phi) is 3.17. The van der Waals surface area contributed by atoms with Crippen LogP contribution in [0.25, 0.3) is 0 Å². The summed E-state index contributed by atoms with van der Waals surface area (Å²) in [5.41, 5.74) is 1.97. The number of aryl methyl sites for hydroxylation is 1. The van der Waals surface area contributed by atoms with E-state index in [0.29, 0.717) is 13.0 Å². The maximum absolute atomic E-state index is 11.4. The lowest BCUT2D eigenvalue weighted by molar-refractivity contribution is 0.0750. The van der Waals surface area contributed by atoms with Crippen molar-refractivity contribution in [1.82, 2.24) is 14.7 Å². The van der Waals surface area contributed by atoms with Crippen LogP contribution >= 0.6 is 15.9 Å². The zero-order valence-corrected chi connectivity index (χ0v) is 12.7. The number of rotatable bonds is 0. The van der Waals surface area contributed by atoms with Gasteiger partial charge >= 0.3 is 6.09 Å². The van der Waals surface area contributed by atoms with Crippen molar-refractivity contribution in [1.29, 1.82) is 0 Å². The molecule has 0 aromatic carbocycles. The molecule has 2 rings (SSSR count). The van der Waals surface area contributed by atoms with E-state index in [4.69, 9.17) is 0 Å². The van der Waals surface area contributed by atoms with Crippen molar-refractivity contribution < 1.29 is 9.90 Å². The highest BCUT2D eigenvalue weighted by Crippen LogP contribution is 2.44. The molecule has 1 aromatic heterocycles. The lowest BCUT2D eigenvalue weighted by Crippen LogP contribution is -2.44. The average molecular weight is 316 g/mol.